The molecule has 5 rings (SSSR count). The van der Waals surface area contributed by atoms with Crippen LogP contribution in [0.2, 0.25) is 0 Å². The van der Waals surface area contributed by atoms with Gasteiger partial charge in [-0.2, -0.15) is 13.2 Å². The molecular formula is C22H19F3N8. The van der Waals surface area contributed by atoms with Crippen LogP contribution in [0, 0.1) is 0 Å². The molecule has 1 fully saturated rings. The monoisotopic (exact) mass is 452 g/mol. The van der Waals surface area contributed by atoms with E-state index in [4.69, 9.17) is 4.98 Å². The molecule has 8 nitrogen and oxygen atoms in total. The highest BCUT2D eigenvalue weighted by molar-refractivity contribution is 5.90. The second kappa shape index (κ2) is 8.58. The first-order chi connectivity index (χ1) is 16.0. The van der Waals surface area contributed by atoms with Crippen LogP contribution >= 0.6 is 0 Å². The molecule has 1 aliphatic rings. The molecule has 0 bridgehead atoms. The Morgan fingerprint density at radius 2 is 1.88 bits per heavy atom. The third-order valence-electron chi connectivity index (χ3n) is 5.27. The second-order valence-electron chi connectivity index (χ2n) is 7.61. The van der Waals surface area contributed by atoms with Gasteiger partial charge in [0.15, 0.2) is 5.82 Å². The summed E-state index contributed by atoms with van der Waals surface area (Å²) in [6.07, 6.45) is 2.30. The fraction of sp³-hybridized carbons (Fsp3) is 0.227. The van der Waals surface area contributed by atoms with Crippen molar-refractivity contribution >= 4 is 28.4 Å². The molecular weight excluding hydrogens is 433 g/mol. The minimum atomic E-state index is -4.44. The summed E-state index contributed by atoms with van der Waals surface area (Å²) >= 11 is 0. The van der Waals surface area contributed by atoms with Crippen molar-refractivity contribution in [3.63, 3.8) is 0 Å². The quantitative estimate of drug-likeness (QED) is 0.418. The first kappa shape index (κ1) is 21.0. The maximum atomic E-state index is 12.8. The number of aromatic nitrogens is 5. The summed E-state index contributed by atoms with van der Waals surface area (Å²) in [6.45, 7) is 1.81. The molecule has 0 unspecified atom stereocenters. The lowest BCUT2D eigenvalue weighted by atomic mass is 10.2. The van der Waals surface area contributed by atoms with E-state index >= 15 is 0 Å². The minimum Gasteiger partial charge on any atom is -0.365 e. The van der Waals surface area contributed by atoms with Gasteiger partial charge in [-0.15, -0.1) is 0 Å². The van der Waals surface area contributed by atoms with Crippen molar-refractivity contribution in [2.45, 2.75) is 18.6 Å². The van der Waals surface area contributed by atoms with Gasteiger partial charge < -0.3 is 16.0 Å². The number of halogens is 3. The molecule has 1 saturated heterocycles. The Kier molecular flexibility index (Phi) is 5.47. The van der Waals surface area contributed by atoms with E-state index in [0.29, 0.717) is 22.7 Å². The van der Waals surface area contributed by atoms with Gasteiger partial charge in [-0.3, -0.25) is 4.98 Å². The number of nitrogens with zero attached hydrogens (tertiary/aromatic N) is 5. The average molecular weight is 452 g/mol. The molecule has 0 spiro atoms. The molecule has 3 N–H and O–H groups in total. The van der Waals surface area contributed by atoms with Gasteiger partial charge in [0.05, 0.1) is 17.3 Å². The van der Waals surface area contributed by atoms with E-state index in [-0.39, 0.29) is 11.9 Å². The van der Waals surface area contributed by atoms with Crippen molar-refractivity contribution < 1.29 is 13.2 Å². The Morgan fingerprint density at radius 3 is 2.64 bits per heavy atom. The topological polar surface area (TPSA) is 101 Å². The smallest absolute Gasteiger partial charge is 0.365 e. The van der Waals surface area contributed by atoms with Crippen LogP contribution < -0.4 is 16.0 Å². The Balaban J connectivity index is 1.44. The normalized spacial score (nSPS) is 16.2. The summed E-state index contributed by atoms with van der Waals surface area (Å²) in [5, 5.41) is 10.6. The van der Waals surface area contributed by atoms with E-state index < -0.39 is 11.7 Å². The number of nitrogens with one attached hydrogen (secondary N) is 3. The number of hydrogen-bond acceptors (Lipinski definition) is 8. The van der Waals surface area contributed by atoms with Gasteiger partial charge in [0.25, 0.3) is 0 Å². The van der Waals surface area contributed by atoms with Crippen LogP contribution in [-0.4, -0.2) is 44.1 Å². The molecule has 33 heavy (non-hydrogen) atoms. The van der Waals surface area contributed by atoms with Gasteiger partial charge in [-0.1, -0.05) is 0 Å². The SMILES string of the molecule is FC(F)(F)c1ccc(Nc2cc(-c3nc(N[C@@H]4CCNC4)c4ccncc4n3)ccn2)nc1. The van der Waals surface area contributed by atoms with Gasteiger partial charge >= 0.3 is 6.18 Å². The summed E-state index contributed by atoms with van der Waals surface area (Å²) in [7, 11) is 0. The third kappa shape index (κ3) is 4.67. The fourth-order valence-electron chi connectivity index (χ4n) is 3.60. The molecule has 0 aliphatic carbocycles. The van der Waals surface area contributed by atoms with Crippen molar-refractivity contribution in [3.8, 4) is 11.4 Å². The number of rotatable bonds is 5. The first-order valence-electron chi connectivity index (χ1n) is 10.3. The average Bonchev–Trinajstić information content (AvgIpc) is 3.32. The Labute approximate surface area is 186 Å². The summed E-state index contributed by atoms with van der Waals surface area (Å²) in [5.74, 6) is 1.85. The maximum absolute atomic E-state index is 12.8. The van der Waals surface area contributed by atoms with Gasteiger partial charge in [0.2, 0.25) is 0 Å². The number of hydrogen-bond donors (Lipinski definition) is 3. The van der Waals surface area contributed by atoms with E-state index in [1.54, 1.807) is 30.7 Å². The Bertz CT molecular complexity index is 1270. The zero-order chi connectivity index (χ0) is 22.8. The van der Waals surface area contributed by atoms with Gasteiger partial charge in [0, 0.05) is 42.1 Å². The molecule has 168 valence electrons. The highest BCUT2D eigenvalue weighted by Crippen LogP contribution is 2.30. The lowest BCUT2D eigenvalue weighted by Crippen LogP contribution is -2.23. The predicted molar refractivity (Wildman–Crippen MR) is 118 cm³/mol. The number of fused-ring (bicyclic) bond motifs is 1. The Morgan fingerprint density at radius 1 is 0.970 bits per heavy atom. The highest BCUT2D eigenvalue weighted by atomic mass is 19.4. The summed E-state index contributed by atoms with van der Waals surface area (Å²) in [6, 6.07) is 7.85. The third-order valence-corrected chi connectivity index (χ3v) is 5.27. The molecule has 0 amide bonds. The fourth-order valence-corrected chi connectivity index (χ4v) is 3.60. The maximum Gasteiger partial charge on any atom is 0.417 e. The Hall–Kier alpha value is -3.86. The lowest BCUT2D eigenvalue weighted by molar-refractivity contribution is -0.137. The number of anilines is 3. The van der Waals surface area contributed by atoms with Crippen molar-refractivity contribution in [1.29, 1.82) is 0 Å². The van der Waals surface area contributed by atoms with Crippen LogP contribution in [0.25, 0.3) is 22.3 Å². The number of alkyl halides is 3. The molecule has 1 atom stereocenters. The largest absolute Gasteiger partial charge is 0.417 e. The zero-order valence-electron chi connectivity index (χ0n) is 17.3. The van der Waals surface area contributed by atoms with Crippen LogP contribution in [0.1, 0.15) is 12.0 Å². The molecule has 0 radical (unpaired) electrons. The van der Waals surface area contributed by atoms with Crippen molar-refractivity contribution in [2.24, 2.45) is 0 Å². The summed E-state index contributed by atoms with van der Waals surface area (Å²) < 4.78 is 38.3. The van der Waals surface area contributed by atoms with Gasteiger partial charge in [-0.05, 0) is 43.3 Å². The van der Waals surface area contributed by atoms with Crippen LogP contribution in [-0.2, 0) is 6.18 Å². The van der Waals surface area contributed by atoms with E-state index in [1.165, 1.54) is 6.07 Å². The molecule has 11 heteroatoms. The standard InChI is InChI=1S/C22H19F3N8/c23-22(24,25)14-1-2-18(29-10-14)32-19-9-13(3-8-28-19)20-31-17-12-27-7-5-16(17)21(33-20)30-15-4-6-26-11-15/h1-3,5,7-10,12,15,26H,4,6,11H2,(H,28,29,32)(H,30,31,33)/t15-/m1/s1. The molecule has 1 aliphatic heterocycles. The van der Waals surface area contributed by atoms with E-state index in [1.807, 2.05) is 6.07 Å². The van der Waals surface area contributed by atoms with Crippen LogP contribution in [0.5, 0.6) is 0 Å². The van der Waals surface area contributed by atoms with Crippen molar-refractivity contribution in [2.75, 3.05) is 23.7 Å². The highest BCUT2D eigenvalue weighted by Gasteiger charge is 2.30. The second-order valence-corrected chi connectivity index (χ2v) is 7.61. The van der Waals surface area contributed by atoms with E-state index in [0.717, 1.165) is 43.0 Å². The molecule has 4 aromatic rings. The van der Waals surface area contributed by atoms with Crippen LogP contribution in [0.15, 0.2) is 55.1 Å². The van der Waals surface area contributed by atoms with Crippen molar-refractivity contribution in [3.05, 3.63) is 60.7 Å². The van der Waals surface area contributed by atoms with Crippen LogP contribution in [0.4, 0.5) is 30.6 Å². The van der Waals surface area contributed by atoms with E-state index in [2.05, 4.69) is 35.9 Å². The van der Waals surface area contributed by atoms with E-state index in [9.17, 15) is 13.2 Å². The van der Waals surface area contributed by atoms with Gasteiger partial charge in [-0.25, -0.2) is 19.9 Å². The summed E-state index contributed by atoms with van der Waals surface area (Å²) in [4.78, 5) is 21.6. The molecule has 4 aromatic heterocycles. The molecule has 0 aromatic carbocycles. The first-order valence-corrected chi connectivity index (χ1v) is 10.3. The summed E-state index contributed by atoms with van der Waals surface area (Å²) in [5.41, 5.74) is 0.579. The zero-order valence-corrected chi connectivity index (χ0v) is 17.3. The minimum absolute atomic E-state index is 0.243. The lowest BCUT2D eigenvalue weighted by Gasteiger charge is -2.15. The van der Waals surface area contributed by atoms with Crippen LogP contribution in [0.3, 0.4) is 0 Å². The molecule has 5 heterocycles. The van der Waals surface area contributed by atoms with Crippen molar-refractivity contribution in [1.82, 2.24) is 30.2 Å². The van der Waals surface area contributed by atoms with Gasteiger partial charge in [0.1, 0.15) is 17.5 Å². The number of pyridine rings is 3. The predicted octanol–water partition coefficient (Wildman–Crippen LogP) is 4.02. The molecule has 0 saturated carbocycles.